The Morgan fingerprint density at radius 2 is 2.14 bits per heavy atom. The second-order valence-corrected chi connectivity index (χ2v) is 4.46. The van der Waals surface area contributed by atoms with E-state index < -0.39 is 5.91 Å². The molecule has 2 heterocycles. The van der Waals surface area contributed by atoms with Gasteiger partial charge in [-0.25, -0.2) is 4.98 Å². The first-order valence-corrected chi connectivity index (χ1v) is 6.24. The Morgan fingerprint density at radius 3 is 2.81 bits per heavy atom. The zero-order valence-electron chi connectivity index (χ0n) is 11.2. The lowest BCUT2D eigenvalue weighted by molar-refractivity contribution is 0.101. The van der Waals surface area contributed by atoms with E-state index in [2.05, 4.69) is 30.5 Å². The van der Waals surface area contributed by atoms with Gasteiger partial charge in [-0.3, -0.25) is 9.89 Å². The quantitative estimate of drug-likeness (QED) is 0.577. The maximum Gasteiger partial charge on any atom is 0.293 e. The van der Waals surface area contributed by atoms with E-state index in [4.69, 9.17) is 5.73 Å². The topological polar surface area (TPSA) is 125 Å². The fraction of sp³-hybridized carbons (Fsp3) is 0.0769. The van der Waals surface area contributed by atoms with E-state index in [1.807, 2.05) is 25.1 Å². The number of imidazole rings is 1. The Balaban J connectivity index is 1.91. The molecule has 0 radical (unpaired) electrons. The molecular weight excluding hydrogens is 270 g/mol. The summed E-state index contributed by atoms with van der Waals surface area (Å²) in [5.74, 6) is 0.337. The van der Waals surface area contributed by atoms with Gasteiger partial charge in [0.1, 0.15) is 5.82 Å². The molecule has 1 aromatic carbocycles. The number of aromatic amines is 2. The molecule has 106 valence electrons. The van der Waals surface area contributed by atoms with Gasteiger partial charge < -0.3 is 16.0 Å². The number of para-hydroxylation sites is 1. The molecule has 5 N–H and O–H groups in total. The molecule has 3 rings (SSSR count). The van der Waals surface area contributed by atoms with E-state index >= 15 is 0 Å². The van der Waals surface area contributed by atoms with Crippen LogP contribution in [0.5, 0.6) is 0 Å². The lowest BCUT2D eigenvalue weighted by Gasteiger charge is -2.08. The Bertz CT molecular complexity index is 789. The van der Waals surface area contributed by atoms with Gasteiger partial charge >= 0.3 is 0 Å². The van der Waals surface area contributed by atoms with Crippen molar-refractivity contribution >= 4 is 17.5 Å². The highest BCUT2D eigenvalue weighted by Gasteiger charge is 2.14. The van der Waals surface area contributed by atoms with Crippen LogP contribution in [0.3, 0.4) is 0 Å². The number of nitrogens with two attached hydrogens (primary N) is 1. The van der Waals surface area contributed by atoms with Crippen LogP contribution in [0.25, 0.3) is 11.4 Å². The molecule has 1 amide bonds. The Labute approximate surface area is 119 Å². The van der Waals surface area contributed by atoms with Crippen LogP contribution in [-0.2, 0) is 0 Å². The lowest BCUT2D eigenvalue weighted by atomic mass is 10.1. The lowest BCUT2D eigenvalue weighted by Crippen LogP contribution is -2.14. The number of rotatable bonds is 3. The smallest absolute Gasteiger partial charge is 0.293 e. The molecule has 0 saturated carbocycles. The largest absolute Gasteiger partial charge is 0.366 e. The number of nitrogens with zero attached hydrogens (tertiary/aromatic N) is 3. The first-order chi connectivity index (χ1) is 10.1. The number of hydrogen-bond acceptors (Lipinski definition) is 5. The van der Waals surface area contributed by atoms with Gasteiger partial charge in [0.25, 0.3) is 5.91 Å². The van der Waals surface area contributed by atoms with E-state index in [0.717, 1.165) is 11.3 Å². The standard InChI is InChI=1S/C13H13N7O/c1-7-6-15-10(16-7)8-4-2-3-5-9(8)17-12(21)11-18-13(14)20-19-11/h2-6H,1H3,(H,15,16)(H,17,21)(H3,14,18,19,20). The van der Waals surface area contributed by atoms with Gasteiger partial charge in [-0.2, -0.15) is 4.98 Å². The van der Waals surface area contributed by atoms with Crippen LogP contribution in [0.15, 0.2) is 30.5 Å². The van der Waals surface area contributed by atoms with Crippen LogP contribution in [0, 0.1) is 6.92 Å². The number of hydrogen-bond donors (Lipinski definition) is 4. The van der Waals surface area contributed by atoms with E-state index in [1.165, 1.54) is 0 Å². The Morgan fingerprint density at radius 1 is 1.33 bits per heavy atom. The fourth-order valence-electron chi connectivity index (χ4n) is 1.91. The molecule has 21 heavy (non-hydrogen) atoms. The Hall–Kier alpha value is -3.16. The summed E-state index contributed by atoms with van der Waals surface area (Å²) >= 11 is 0. The number of anilines is 2. The van der Waals surface area contributed by atoms with Crippen LogP contribution < -0.4 is 11.1 Å². The van der Waals surface area contributed by atoms with Crippen molar-refractivity contribution in [1.82, 2.24) is 25.1 Å². The van der Waals surface area contributed by atoms with Crippen molar-refractivity contribution in [3.8, 4) is 11.4 Å². The second kappa shape index (κ2) is 5.08. The summed E-state index contributed by atoms with van der Waals surface area (Å²) in [6, 6.07) is 7.34. The van der Waals surface area contributed by atoms with Crippen molar-refractivity contribution < 1.29 is 4.79 Å². The molecule has 0 spiro atoms. The number of carbonyl (C=O) groups is 1. The summed E-state index contributed by atoms with van der Waals surface area (Å²) in [4.78, 5) is 23.3. The summed E-state index contributed by atoms with van der Waals surface area (Å²) in [6.45, 7) is 1.91. The predicted octanol–water partition coefficient (Wildman–Crippen LogP) is 1.34. The SMILES string of the molecule is Cc1cnc(-c2ccccc2NC(=O)c2nc(N)n[nH]2)[nH]1. The van der Waals surface area contributed by atoms with E-state index in [1.54, 1.807) is 12.3 Å². The maximum absolute atomic E-state index is 12.1. The third-order valence-corrected chi connectivity index (χ3v) is 2.85. The number of nitrogen functional groups attached to an aromatic ring is 1. The van der Waals surface area contributed by atoms with Gasteiger partial charge in [-0.15, -0.1) is 5.10 Å². The predicted molar refractivity (Wildman–Crippen MR) is 77.5 cm³/mol. The summed E-state index contributed by atoms with van der Waals surface area (Å²) in [5.41, 5.74) is 7.73. The van der Waals surface area contributed by atoms with Gasteiger partial charge in [0.05, 0.1) is 5.69 Å². The summed E-state index contributed by atoms with van der Waals surface area (Å²) in [6.07, 6.45) is 1.73. The van der Waals surface area contributed by atoms with E-state index in [-0.39, 0.29) is 11.8 Å². The fourth-order valence-corrected chi connectivity index (χ4v) is 1.91. The highest BCUT2D eigenvalue weighted by Crippen LogP contribution is 2.25. The van der Waals surface area contributed by atoms with Crippen molar-refractivity contribution in [1.29, 1.82) is 0 Å². The highest BCUT2D eigenvalue weighted by atomic mass is 16.2. The number of nitrogens with one attached hydrogen (secondary N) is 3. The number of aromatic nitrogens is 5. The number of benzene rings is 1. The van der Waals surface area contributed by atoms with Gasteiger partial charge in [0, 0.05) is 17.5 Å². The van der Waals surface area contributed by atoms with Gasteiger partial charge in [0.15, 0.2) is 0 Å². The summed E-state index contributed by atoms with van der Waals surface area (Å²) < 4.78 is 0. The normalized spacial score (nSPS) is 10.5. The average molecular weight is 283 g/mol. The third kappa shape index (κ3) is 2.59. The van der Waals surface area contributed by atoms with Crippen molar-refractivity contribution in [3.05, 3.63) is 42.0 Å². The third-order valence-electron chi connectivity index (χ3n) is 2.85. The molecule has 2 aromatic heterocycles. The first-order valence-electron chi connectivity index (χ1n) is 6.24. The number of H-pyrrole nitrogens is 2. The van der Waals surface area contributed by atoms with Crippen LogP contribution in [0.2, 0.25) is 0 Å². The van der Waals surface area contributed by atoms with Crippen molar-refractivity contribution in [2.45, 2.75) is 6.92 Å². The zero-order chi connectivity index (χ0) is 14.8. The minimum absolute atomic E-state index is 0.0232. The van der Waals surface area contributed by atoms with Gasteiger partial charge in [-0.1, -0.05) is 12.1 Å². The Kier molecular flexibility index (Phi) is 3.11. The molecule has 0 bridgehead atoms. The molecule has 8 heteroatoms. The summed E-state index contributed by atoms with van der Waals surface area (Å²) in [7, 11) is 0. The van der Waals surface area contributed by atoms with Crippen molar-refractivity contribution in [2.24, 2.45) is 0 Å². The van der Waals surface area contributed by atoms with Crippen molar-refractivity contribution in [2.75, 3.05) is 11.1 Å². The van der Waals surface area contributed by atoms with Crippen LogP contribution in [0.4, 0.5) is 11.6 Å². The average Bonchev–Trinajstić information content (AvgIpc) is 3.08. The molecule has 0 aliphatic heterocycles. The van der Waals surface area contributed by atoms with Crippen molar-refractivity contribution in [3.63, 3.8) is 0 Å². The molecule has 0 saturated heterocycles. The zero-order valence-corrected chi connectivity index (χ0v) is 11.2. The monoisotopic (exact) mass is 283 g/mol. The maximum atomic E-state index is 12.1. The van der Waals surface area contributed by atoms with E-state index in [9.17, 15) is 4.79 Å². The molecule has 0 aliphatic rings. The number of carbonyl (C=O) groups excluding carboxylic acids is 1. The number of amides is 1. The minimum atomic E-state index is -0.421. The minimum Gasteiger partial charge on any atom is -0.366 e. The van der Waals surface area contributed by atoms with Gasteiger partial charge in [0.2, 0.25) is 11.8 Å². The first kappa shape index (κ1) is 12.9. The van der Waals surface area contributed by atoms with Crippen LogP contribution in [-0.4, -0.2) is 31.1 Å². The molecule has 8 nitrogen and oxygen atoms in total. The second-order valence-electron chi connectivity index (χ2n) is 4.46. The van der Waals surface area contributed by atoms with Crippen LogP contribution >= 0.6 is 0 Å². The van der Waals surface area contributed by atoms with E-state index in [0.29, 0.717) is 11.5 Å². The molecule has 3 aromatic rings. The van der Waals surface area contributed by atoms with Gasteiger partial charge in [-0.05, 0) is 19.1 Å². The molecule has 0 unspecified atom stereocenters. The summed E-state index contributed by atoms with van der Waals surface area (Å²) in [5, 5.41) is 8.85. The molecular formula is C13H13N7O. The molecule has 0 aliphatic carbocycles. The van der Waals surface area contributed by atoms with Crippen LogP contribution in [0.1, 0.15) is 16.3 Å². The molecule has 0 fully saturated rings. The number of aryl methyl sites for hydroxylation is 1. The molecule has 0 atom stereocenters. The highest BCUT2D eigenvalue weighted by molar-refractivity contribution is 6.03.